The number of allylic oxidation sites excluding steroid dienone is 9. The second-order valence-corrected chi connectivity index (χ2v) is 3.44. The predicted molar refractivity (Wildman–Crippen MR) is 59.6 cm³/mol. The van der Waals surface area contributed by atoms with Gasteiger partial charge < -0.3 is 0 Å². The van der Waals surface area contributed by atoms with Gasteiger partial charge in [0.25, 0.3) is 0 Å². The maximum absolute atomic E-state index is 3.83. The second-order valence-electron chi connectivity index (χ2n) is 3.44. The summed E-state index contributed by atoms with van der Waals surface area (Å²) in [7, 11) is 0. The Morgan fingerprint density at radius 2 is 2.23 bits per heavy atom. The van der Waals surface area contributed by atoms with Crippen LogP contribution in [0.3, 0.4) is 0 Å². The zero-order valence-electron chi connectivity index (χ0n) is 8.38. The van der Waals surface area contributed by atoms with E-state index in [9.17, 15) is 0 Å². The largest absolute Gasteiger partial charge is 0.0961 e. The number of hydrogen-bond donors (Lipinski definition) is 0. The average molecular weight is 172 g/mol. The Morgan fingerprint density at radius 1 is 1.46 bits per heavy atom. The Hall–Kier alpha value is -1.30. The molecule has 0 aliphatic heterocycles. The summed E-state index contributed by atoms with van der Waals surface area (Å²) in [5.41, 5.74) is 3.73. The van der Waals surface area contributed by atoms with Crippen LogP contribution in [0.1, 0.15) is 20.3 Å². The first-order valence-corrected chi connectivity index (χ1v) is 4.56. The minimum absolute atomic E-state index is 1.01. The van der Waals surface area contributed by atoms with E-state index in [1.165, 1.54) is 11.1 Å². The average Bonchev–Trinajstić information content (AvgIpc) is 2.27. The molecule has 0 atom stereocenters. The van der Waals surface area contributed by atoms with E-state index < -0.39 is 0 Å². The molecular weight excluding hydrogens is 156 g/mol. The van der Waals surface area contributed by atoms with Crippen LogP contribution in [-0.4, -0.2) is 0 Å². The molecule has 0 heteroatoms. The van der Waals surface area contributed by atoms with Crippen molar-refractivity contribution in [1.29, 1.82) is 0 Å². The lowest BCUT2D eigenvalue weighted by Crippen LogP contribution is -1.73. The molecule has 0 heterocycles. The van der Waals surface area contributed by atoms with E-state index >= 15 is 0 Å². The molecule has 0 N–H and O–H groups in total. The Labute approximate surface area is 80.7 Å². The van der Waals surface area contributed by atoms with Crippen LogP contribution in [0.15, 0.2) is 59.8 Å². The lowest BCUT2D eigenvalue weighted by molar-refractivity contribution is 1.29. The van der Waals surface area contributed by atoms with Crippen molar-refractivity contribution < 1.29 is 0 Å². The van der Waals surface area contributed by atoms with Gasteiger partial charge in [-0.25, -0.2) is 0 Å². The van der Waals surface area contributed by atoms with Gasteiger partial charge in [-0.2, -0.15) is 0 Å². The fourth-order valence-electron chi connectivity index (χ4n) is 1.12. The van der Waals surface area contributed by atoms with Gasteiger partial charge in [-0.1, -0.05) is 54.2 Å². The molecular formula is C13H16. The lowest BCUT2D eigenvalue weighted by Gasteiger charge is -1.93. The van der Waals surface area contributed by atoms with Crippen molar-refractivity contribution in [3.05, 3.63) is 59.8 Å². The summed E-state index contributed by atoms with van der Waals surface area (Å²) >= 11 is 0. The molecule has 0 radical (unpaired) electrons. The van der Waals surface area contributed by atoms with Crippen LogP contribution < -0.4 is 0 Å². The van der Waals surface area contributed by atoms with Gasteiger partial charge in [-0.15, -0.1) is 0 Å². The van der Waals surface area contributed by atoms with Crippen molar-refractivity contribution in [2.75, 3.05) is 0 Å². The van der Waals surface area contributed by atoms with Crippen molar-refractivity contribution in [2.45, 2.75) is 20.3 Å². The monoisotopic (exact) mass is 172 g/mol. The number of hydrogen-bond acceptors (Lipinski definition) is 0. The first-order chi connectivity index (χ1) is 6.18. The van der Waals surface area contributed by atoms with E-state index in [0.29, 0.717) is 0 Å². The fourth-order valence-corrected chi connectivity index (χ4v) is 1.12. The smallest absolute Gasteiger partial charge is 0.00942 e. The van der Waals surface area contributed by atoms with E-state index in [-0.39, 0.29) is 0 Å². The third-order valence-electron chi connectivity index (χ3n) is 1.88. The molecule has 0 saturated heterocycles. The first kappa shape index (κ1) is 9.79. The minimum atomic E-state index is 1.01. The Kier molecular flexibility index (Phi) is 3.51. The van der Waals surface area contributed by atoms with Crippen molar-refractivity contribution in [1.82, 2.24) is 0 Å². The summed E-state index contributed by atoms with van der Waals surface area (Å²) in [6, 6.07) is 0. The molecule has 0 unspecified atom stereocenters. The summed E-state index contributed by atoms with van der Waals surface area (Å²) in [5, 5.41) is 0. The van der Waals surface area contributed by atoms with E-state index in [1.807, 2.05) is 13.0 Å². The molecule has 0 aromatic heterocycles. The van der Waals surface area contributed by atoms with E-state index in [1.54, 1.807) is 0 Å². The summed E-state index contributed by atoms with van der Waals surface area (Å²) in [6.07, 6.45) is 13.8. The normalized spacial score (nSPS) is 16.8. The highest BCUT2D eigenvalue weighted by Crippen LogP contribution is 2.12. The van der Waals surface area contributed by atoms with Crippen LogP contribution in [0.25, 0.3) is 0 Å². The molecule has 1 rings (SSSR count). The first-order valence-electron chi connectivity index (χ1n) is 4.56. The topological polar surface area (TPSA) is 0 Å². The second kappa shape index (κ2) is 4.66. The lowest BCUT2D eigenvalue weighted by atomic mass is 10.1. The Balaban J connectivity index is 2.72. The maximum Gasteiger partial charge on any atom is -0.00942 e. The van der Waals surface area contributed by atoms with Crippen molar-refractivity contribution in [3.63, 3.8) is 0 Å². The van der Waals surface area contributed by atoms with Gasteiger partial charge >= 0.3 is 0 Å². The third-order valence-corrected chi connectivity index (χ3v) is 1.88. The fraction of sp³-hybridized carbons (Fsp3) is 0.231. The highest BCUT2D eigenvalue weighted by molar-refractivity contribution is 5.35. The van der Waals surface area contributed by atoms with E-state index in [2.05, 4.69) is 43.9 Å². The van der Waals surface area contributed by atoms with Crippen molar-refractivity contribution in [2.24, 2.45) is 0 Å². The molecule has 1 aliphatic rings. The van der Waals surface area contributed by atoms with Crippen LogP contribution in [0.2, 0.25) is 0 Å². The van der Waals surface area contributed by atoms with Crippen LogP contribution in [0.5, 0.6) is 0 Å². The Morgan fingerprint density at radius 3 is 2.92 bits per heavy atom. The van der Waals surface area contributed by atoms with Gasteiger partial charge in [-0.3, -0.25) is 0 Å². The molecule has 0 nitrogen and oxygen atoms in total. The van der Waals surface area contributed by atoms with Gasteiger partial charge in [0.05, 0.1) is 0 Å². The summed E-state index contributed by atoms with van der Waals surface area (Å²) < 4.78 is 0. The van der Waals surface area contributed by atoms with Crippen LogP contribution in [-0.2, 0) is 0 Å². The van der Waals surface area contributed by atoms with Gasteiger partial charge in [0, 0.05) is 0 Å². The quantitative estimate of drug-likeness (QED) is 0.553. The van der Waals surface area contributed by atoms with Crippen molar-refractivity contribution >= 4 is 0 Å². The molecule has 0 spiro atoms. The molecule has 0 fully saturated rings. The molecule has 0 saturated carbocycles. The van der Waals surface area contributed by atoms with Gasteiger partial charge in [0.1, 0.15) is 0 Å². The molecule has 0 aromatic rings. The van der Waals surface area contributed by atoms with Crippen LogP contribution in [0, 0.1) is 0 Å². The molecule has 13 heavy (non-hydrogen) atoms. The Bertz CT molecular complexity index is 309. The summed E-state index contributed by atoms with van der Waals surface area (Å²) in [6.45, 7) is 7.94. The zero-order valence-corrected chi connectivity index (χ0v) is 8.38. The summed E-state index contributed by atoms with van der Waals surface area (Å²) in [4.78, 5) is 0. The van der Waals surface area contributed by atoms with Gasteiger partial charge in [0.15, 0.2) is 0 Å². The third kappa shape index (κ3) is 3.75. The maximum atomic E-state index is 3.83. The SMILES string of the molecule is C=C(C)/C=C\C1=CC=C(C)C=CC1. The molecule has 0 bridgehead atoms. The molecule has 1 aliphatic carbocycles. The standard InChI is InChI=1S/C13H16/c1-11(2)7-9-13-6-4-5-12(3)8-10-13/h4-5,7-10H,1,6H2,2-3H3/b9-7-. The molecule has 0 amide bonds. The molecule has 0 aromatic carbocycles. The zero-order chi connectivity index (χ0) is 9.68. The summed E-state index contributed by atoms with van der Waals surface area (Å²) in [5.74, 6) is 0. The highest BCUT2D eigenvalue weighted by Gasteiger charge is 1.92. The number of rotatable bonds is 2. The van der Waals surface area contributed by atoms with E-state index in [4.69, 9.17) is 0 Å². The van der Waals surface area contributed by atoms with E-state index in [0.717, 1.165) is 12.0 Å². The molecule has 68 valence electrons. The van der Waals surface area contributed by atoms with Crippen molar-refractivity contribution in [3.8, 4) is 0 Å². The van der Waals surface area contributed by atoms with Crippen LogP contribution in [0.4, 0.5) is 0 Å². The van der Waals surface area contributed by atoms with Gasteiger partial charge in [-0.05, 0) is 25.8 Å². The highest BCUT2D eigenvalue weighted by atomic mass is 14.0. The van der Waals surface area contributed by atoms with Crippen LogP contribution >= 0.6 is 0 Å². The minimum Gasteiger partial charge on any atom is -0.0961 e. The van der Waals surface area contributed by atoms with Gasteiger partial charge in [0.2, 0.25) is 0 Å². The predicted octanol–water partition coefficient (Wildman–Crippen LogP) is 3.95.